The third-order valence-electron chi connectivity index (χ3n) is 4.52. The Morgan fingerprint density at radius 1 is 0.654 bits per heavy atom. The maximum absolute atomic E-state index is 4.95. The molecule has 0 fully saturated rings. The first kappa shape index (κ1) is 19.0. The fraction of sp³-hybridized carbons (Fsp3) is 0.545. The molecule has 0 amide bonds. The van der Waals surface area contributed by atoms with Crippen molar-refractivity contribution in [3.63, 3.8) is 0 Å². The van der Waals surface area contributed by atoms with Crippen LogP contribution in [-0.2, 0) is 26.2 Å². The second-order valence-electron chi connectivity index (χ2n) is 8.37. The van der Waals surface area contributed by atoms with Gasteiger partial charge in [0, 0.05) is 39.3 Å². The second kappa shape index (κ2) is 8.74. The molecule has 0 saturated heterocycles. The van der Waals surface area contributed by atoms with Crippen LogP contribution in [-0.4, -0.2) is 32.9 Å². The van der Waals surface area contributed by atoms with Gasteiger partial charge >= 0.3 is 0 Å². The SMILES string of the molecule is CC(C)CN1Cc2cccc(n2)CN(CC(C)C)Cc2cccc(n2)C1. The normalized spacial score (nSPS) is 16.5. The number of fused-ring (bicyclic) bond motifs is 4. The van der Waals surface area contributed by atoms with Gasteiger partial charge in [0.2, 0.25) is 0 Å². The van der Waals surface area contributed by atoms with Crippen LogP contribution in [0.3, 0.4) is 0 Å². The fourth-order valence-electron chi connectivity index (χ4n) is 3.73. The molecule has 3 heterocycles. The van der Waals surface area contributed by atoms with E-state index in [1.165, 1.54) is 0 Å². The topological polar surface area (TPSA) is 32.3 Å². The van der Waals surface area contributed by atoms with Gasteiger partial charge in [-0.05, 0) is 36.1 Å². The lowest BCUT2D eigenvalue weighted by Crippen LogP contribution is -2.30. The number of rotatable bonds is 4. The molecule has 1 aliphatic heterocycles. The lowest BCUT2D eigenvalue weighted by molar-refractivity contribution is 0.210. The van der Waals surface area contributed by atoms with Gasteiger partial charge in [-0.1, -0.05) is 39.8 Å². The van der Waals surface area contributed by atoms with Crippen molar-refractivity contribution < 1.29 is 0 Å². The van der Waals surface area contributed by atoms with E-state index in [1.54, 1.807) is 0 Å². The van der Waals surface area contributed by atoms with E-state index in [1.807, 2.05) is 0 Å². The number of aromatic nitrogens is 2. The minimum absolute atomic E-state index is 0.621. The number of pyridine rings is 2. The van der Waals surface area contributed by atoms with E-state index in [2.05, 4.69) is 73.9 Å². The van der Waals surface area contributed by atoms with Crippen molar-refractivity contribution in [3.8, 4) is 0 Å². The summed E-state index contributed by atoms with van der Waals surface area (Å²) in [4.78, 5) is 14.8. The summed E-state index contributed by atoms with van der Waals surface area (Å²) in [5, 5.41) is 0. The van der Waals surface area contributed by atoms with E-state index in [9.17, 15) is 0 Å². The highest BCUT2D eigenvalue weighted by atomic mass is 15.2. The molecule has 140 valence electrons. The first-order valence-electron chi connectivity index (χ1n) is 9.82. The first-order valence-corrected chi connectivity index (χ1v) is 9.82. The van der Waals surface area contributed by atoms with Crippen molar-refractivity contribution >= 4 is 0 Å². The van der Waals surface area contributed by atoms with Crippen LogP contribution in [0.25, 0.3) is 0 Å². The predicted octanol–water partition coefficient (Wildman–Crippen LogP) is 4.11. The van der Waals surface area contributed by atoms with Crippen LogP contribution in [0.4, 0.5) is 0 Å². The molecule has 4 heteroatoms. The molecule has 4 bridgehead atoms. The molecule has 0 unspecified atom stereocenters. The molecule has 0 radical (unpaired) electrons. The largest absolute Gasteiger partial charge is 0.291 e. The zero-order valence-corrected chi connectivity index (χ0v) is 16.7. The van der Waals surface area contributed by atoms with E-state index in [-0.39, 0.29) is 0 Å². The smallest absolute Gasteiger partial charge is 0.0548 e. The summed E-state index contributed by atoms with van der Waals surface area (Å²) in [5.74, 6) is 1.24. The molecule has 0 N–H and O–H groups in total. The summed E-state index contributed by atoms with van der Waals surface area (Å²) in [5.41, 5.74) is 4.63. The Bertz CT molecular complexity index is 607. The van der Waals surface area contributed by atoms with Gasteiger partial charge in [0.25, 0.3) is 0 Å². The maximum atomic E-state index is 4.95. The summed E-state index contributed by atoms with van der Waals surface area (Å²) in [6.07, 6.45) is 0. The van der Waals surface area contributed by atoms with E-state index in [4.69, 9.17) is 9.97 Å². The molecule has 3 rings (SSSR count). The summed E-state index contributed by atoms with van der Waals surface area (Å²) in [6.45, 7) is 14.7. The highest BCUT2D eigenvalue weighted by Crippen LogP contribution is 2.16. The Hall–Kier alpha value is -1.78. The van der Waals surface area contributed by atoms with Gasteiger partial charge in [-0.15, -0.1) is 0 Å². The molecule has 0 aromatic carbocycles. The lowest BCUT2D eigenvalue weighted by atomic mass is 10.1. The molecule has 0 atom stereocenters. The zero-order chi connectivity index (χ0) is 18.5. The van der Waals surface area contributed by atoms with Gasteiger partial charge in [0.1, 0.15) is 0 Å². The highest BCUT2D eigenvalue weighted by Gasteiger charge is 2.16. The van der Waals surface area contributed by atoms with Crippen LogP contribution in [0, 0.1) is 11.8 Å². The second-order valence-corrected chi connectivity index (χ2v) is 8.37. The monoisotopic (exact) mass is 352 g/mol. The van der Waals surface area contributed by atoms with Crippen molar-refractivity contribution in [3.05, 3.63) is 59.2 Å². The van der Waals surface area contributed by atoms with Crippen LogP contribution >= 0.6 is 0 Å². The van der Waals surface area contributed by atoms with Crippen LogP contribution in [0.1, 0.15) is 50.5 Å². The van der Waals surface area contributed by atoms with Crippen LogP contribution < -0.4 is 0 Å². The molecular weight excluding hydrogens is 320 g/mol. The maximum Gasteiger partial charge on any atom is 0.0548 e. The summed E-state index contributed by atoms with van der Waals surface area (Å²) < 4.78 is 0. The van der Waals surface area contributed by atoms with Crippen LogP contribution in [0.15, 0.2) is 36.4 Å². The quantitative estimate of drug-likeness (QED) is 0.829. The Kier molecular flexibility index (Phi) is 6.38. The van der Waals surface area contributed by atoms with Crippen molar-refractivity contribution in [2.24, 2.45) is 11.8 Å². The van der Waals surface area contributed by atoms with Crippen molar-refractivity contribution in [2.75, 3.05) is 13.1 Å². The molecule has 26 heavy (non-hydrogen) atoms. The third kappa shape index (κ3) is 5.61. The fourth-order valence-corrected chi connectivity index (χ4v) is 3.73. The third-order valence-corrected chi connectivity index (χ3v) is 4.52. The molecular formula is C22H32N4. The zero-order valence-electron chi connectivity index (χ0n) is 16.7. The Morgan fingerprint density at radius 2 is 0.962 bits per heavy atom. The standard InChI is InChI=1S/C22H32N4/c1-17(2)11-25-13-19-7-5-9-21(23-19)15-26(12-18(3)4)16-22-10-6-8-20(14-25)24-22/h5-10,17-18H,11-16H2,1-4H3. The van der Waals surface area contributed by atoms with Gasteiger partial charge in [-0.3, -0.25) is 19.8 Å². The summed E-state index contributed by atoms with van der Waals surface area (Å²) in [6, 6.07) is 12.9. The average molecular weight is 353 g/mol. The first-order chi connectivity index (χ1) is 12.5. The van der Waals surface area contributed by atoms with Gasteiger partial charge < -0.3 is 0 Å². The van der Waals surface area contributed by atoms with Crippen molar-refractivity contribution in [1.82, 2.24) is 19.8 Å². The van der Waals surface area contributed by atoms with E-state index < -0.39 is 0 Å². The van der Waals surface area contributed by atoms with E-state index >= 15 is 0 Å². The van der Waals surface area contributed by atoms with Crippen molar-refractivity contribution in [1.29, 1.82) is 0 Å². The van der Waals surface area contributed by atoms with Crippen molar-refractivity contribution in [2.45, 2.75) is 53.9 Å². The van der Waals surface area contributed by atoms with Crippen LogP contribution in [0.5, 0.6) is 0 Å². The Labute approximate surface area is 158 Å². The van der Waals surface area contributed by atoms with Gasteiger partial charge in [0.05, 0.1) is 22.8 Å². The molecule has 4 nitrogen and oxygen atoms in total. The Morgan fingerprint density at radius 3 is 1.23 bits per heavy atom. The molecule has 0 saturated carbocycles. The van der Waals surface area contributed by atoms with E-state index in [0.717, 1.165) is 62.0 Å². The number of hydrogen-bond acceptors (Lipinski definition) is 4. The predicted molar refractivity (Wildman–Crippen MR) is 106 cm³/mol. The molecule has 2 aromatic heterocycles. The molecule has 2 aromatic rings. The molecule has 0 aliphatic carbocycles. The Balaban J connectivity index is 1.93. The highest BCUT2D eigenvalue weighted by molar-refractivity contribution is 5.15. The minimum atomic E-state index is 0.621. The summed E-state index contributed by atoms with van der Waals surface area (Å²) in [7, 11) is 0. The minimum Gasteiger partial charge on any atom is -0.291 e. The lowest BCUT2D eigenvalue weighted by Gasteiger charge is -2.27. The van der Waals surface area contributed by atoms with Crippen LogP contribution in [0.2, 0.25) is 0 Å². The number of hydrogen-bond donors (Lipinski definition) is 0. The van der Waals surface area contributed by atoms with E-state index in [0.29, 0.717) is 11.8 Å². The van der Waals surface area contributed by atoms with Gasteiger partial charge in [-0.25, -0.2) is 0 Å². The van der Waals surface area contributed by atoms with Gasteiger partial charge in [-0.2, -0.15) is 0 Å². The molecule has 1 aliphatic rings. The average Bonchev–Trinajstić information content (AvgIpc) is 2.53. The van der Waals surface area contributed by atoms with Gasteiger partial charge in [0.15, 0.2) is 0 Å². The summed E-state index contributed by atoms with van der Waals surface area (Å²) >= 11 is 0. The number of nitrogens with zero attached hydrogens (tertiary/aromatic N) is 4. The molecule has 0 spiro atoms.